The van der Waals surface area contributed by atoms with Crippen molar-refractivity contribution in [2.45, 2.75) is 12.8 Å². The monoisotopic (exact) mass is 420 g/mol. The normalized spacial score (nSPS) is 14.2. The molecule has 0 unspecified atom stereocenters. The molecule has 2 aromatic rings. The summed E-state index contributed by atoms with van der Waals surface area (Å²) in [7, 11) is 0. The number of halogens is 1. The number of carbonyl (C=O) groups excluding carboxylic acids is 3. The molecule has 0 spiro atoms. The fourth-order valence-corrected chi connectivity index (χ4v) is 3.53. The van der Waals surface area contributed by atoms with Crippen molar-refractivity contribution < 1.29 is 19.1 Å². The average molecular weight is 421 g/mol. The van der Waals surface area contributed by atoms with E-state index in [0.29, 0.717) is 10.6 Å². The topological polar surface area (TPSA) is 76.0 Å². The molecule has 128 valence electrons. The van der Waals surface area contributed by atoms with E-state index in [-0.39, 0.29) is 36.9 Å². The van der Waals surface area contributed by atoms with Crippen LogP contribution >= 0.6 is 27.3 Å². The van der Waals surface area contributed by atoms with Gasteiger partial charge in [-0.25, -0.2) is 9.80 Å². The van der Waals surface area contributed by atoms with Crippen molar-refractivity contribution in [3.63, 3.8) is 0 Å². The van der Waals surface area contributed by atoms with Crippen LogP contribution in [0.15, 0.2) is 51.4 Å². The highest BCUT2D eigenvalue weighted by molar-refractivity contribution is 9.11. The van der Waals surface area contributed by atoms with Crippen LogP contribution in [0.25, 0.3) is 0 Å². The SMILES string of the molecule is O=C(OCC(=O)c1ccc(Br)s1)C1=NN(c2ccccc2)C(=O)CC1. The van der Waals surface area contributed by atoms with Crippen molar-refractivity contribution in [2.24, 2.45) is 5.10 Å². The van der Waals surface area contributed by atoms with Gasteiger partial charge in [0.05, 0.1) is 14.4 Å². The lowest BCUT2D eigenvalue weighted by molar-refractivity contribution is -0.134. The molecule has 0 bridgehead atoms. The van der Waals surface area contributed by atoms with E-state index in [2.05, 4.69) is 21.0 Å². The predicted molar refractivity (Wildman–Crippen MR) is 97.9 cm³/mol. The Bertz CT molecular complexity index is 847. The van der Waals surface area contributed by atoms with E-state index in [1.165, 1.54) is 16.3 Å². The molecule has 1 aromatic carbocycles. The van der Waals surface area contributed by atoms with Gasteiger partial charge in [0.15, 0.2) is 6.61 Å². The molecule has 0 aliphatic carbocycles. The lowest BCUT2D eigenvalue weighted by Gasteiger charge is -2.22. The van der Waals surface area contributed by atoms with Gasteiger partial charge >= 0.3 is 5.97 Å². The van der Waals surface area contributed by atoms with Crippen molar-refractivity contribution in [1.29, 1.82) is 0 Å². The lowest BCUT2D eigenvalue weighted by atomic mass is 10.1. The van der Waals surface area contributed by atoms with Crippen molar-refractivity contribution in [2.75, 3.05) is 11.6 Å². The molecule has 1 aromatic heterocycles. The molecule has 0 atom stereocenters. The van der Waals surface area contributed by atoms with Crippen LogP contribution in [0.3, 0.4) is 0 Å². The summed E-state index contributed by atoms with van der Waals surface area (Å²) in [5.74, 6) is -1.16. The lowest BCUT2D eigenvalue weighted by Crippen LogP contribution is -2.35. The molecule has 1 aliphatic rings. The van der Waals surface area contributed by atoms with E-state index in [9.17, 15) is 14.4 Å². The number of anilines is 1. The first-order valence-electron chi connectivity index (χ1n) is 7.46. The number of thiophene rings is 1. The van der Waals surface area contributed by atoms with Crippen molar-refractivity contribution in [3.05, 3.63) is 51.1 Å². The fourth-order valence-electron chi connectivity index (χ4n) is 2.22. The summed E-state index contributed by atoms with van der Waals surface area (Å²) in [6.07, 6.45) is 0.356. The largest absolute Gasteiger partial charge is 0.453 e. The van der Waals surface area contributed by atoms with E-state index >= 15 is 0 Å². The van der Waals surface area contributed by atoms with Crippen LogP contribution in [0.1, 0.15) is 22.5 Å². The number of amides is 1. The zero-order valence-electron chi connectivity index (χ0n) is 13.0. The Kier molecular flexibility index (Phi) is 5.40. The quantitative estimate of drug-likeness (QED) is 0.548. The molecular formula is C17H13BrN2O4S. The fraction of sp³-hybridized carbons (Fsp3) is 0.176. The molecule has 0 saturated heterocycles. The van der Waals surface area contributed by atoms with Gasteiger partial charge < -0.3 is 4.74 Å². The van der Waals surface area contributed by atoms with Crippen LogP contribution in [-0.2, 0) is 14.3 Å². The number of Topliss-reactive ketones (excluding diaryl/α,β-unsaturated/α-hetero) is 1. The minimum atomic E-state index is -0.683. The summed E-state index contributed by atoms with van der Waals surface area (Å²) < 4.78 is 5.89. The molecule has 3 rings (SSSR count). The number of para-hydroxylation sites is 1. The first kappa shape index (κ1) is 17.5. The number of benzene rings is 1. The van der Waals surface area contributed by atoms with Crippen molar-refractivity contribution in [3.8, 4) is 0 Å². The maximum atomic E-state index is 12.2. The van der Waals surface area contributed by atoms with Crippen LogP contribution in [0.2, 0.25) is 0 Å². The van der Waals surface area contributed by atoms with Crippen molar-refractivity contribution in [1.82, 2.24) is 0 Å². The van der Waals surface area contributed by atoms with Crippen LogP contribution in [0.4, 0.5) is 5.69 Å². The number of ketones is 1. The van der Waals surface area contributed by atoms with Gasteiger partial charge in [0, 0.05) is 12.8 Å². The van der Waals surface area contributed by atoms with Crippen LogP contribution in [-0.4, -0.2) is 30.0 Å². The smallest absolute Gasteiger partial charge is 0.354 e. The summed E-state index contributed by atoms with van der Waals surface area (Å²) in [5, 5.41) is 5.29. The van der Waals surface area contributed by atoms with E-state index in [0.717, 1.165) is 3.79 Å². The second-order valence-corrected chi connectivity index (χ2v) is 7.65. The first-order valence-corrected chi connectivity index (χ1v) is 9.06. The number of hydrogen-bond acceptors (Lipinski definition) is 6. The molecular weight excluding hydrogens is 408 g/mol. The molecule has 1 aliphatic heterocycles. The Morgan fingerprint density at radius 2 is 1.92 bits per heavy atom. The Hall–Kier alpha value is -2.32. The minimum Gasteiger partial charge on any atom is -0.453 e. The van der Waals surface area contributed by atoms with E-state index in [4.69, 9.17) is 4.74 Å². The van der Waals surface area contributed by atoms with Gasteiger partial charge in [-0.2, -0.15) is 5.10 Å². The highest BCUT2D eigenvalue weighted by Crippen LogP contribution is 2.23. The number of rotatable bonds is 5. The average Bonchev–Trinajstić information content (AvgIpc) is 3.07. The van der Waals surface area contributed by atoms with Crippen LogP contribution in [0.5, 0.6) is 0 Å². The van der Waals surface area contributed by atoms with Gasteiger partial charge in [0.25, 0.3) is 0 Å². The Morgan fingerprint density at radius 3 is 2.60 bits per heavy atom. The third-order valence-corrected chi connectivity index (χ3v) is 5.12. The summed E-state index contributed by atoms with van der Waals surface area (Å²) in [5.41, 5.74) is 0.709. The molecule has 2 heterocycles. The standard InChI is InChI=1S/C17H13BrN2O4S/c18-15-8-7-14(25-15)13(21)10-24-17(23)12-6-9-16(22)20(19-12)11-4-2-1-3-5-11/h1-5,7-8H,6,9-10H2. The van der Waals surface area contributed by atoms with Crippen LogP contribution < -0.4 is 5.01 Å². The van der Waals surface area contributed by atoms with Gasteiger partial charge in [0.1, 0.15) is 5.71 Å². The predicted octanol–water partition coefficient (Wildman–Crippen LogP) is 3.42. The van der Waals surface area contributed by atoms with E-state index in [1.807, 2.05) is 6.07 Å². The highest BCUT2D eigenvalue weighted by Gasteiger charge is 2.27. The Morgan fingerprint density at radius 1 is 1.16 bits per heavy atom. The highest BCUT2D eigenvalue weighted by atomic mass is 79.9. The zero-order valence-corrected chi connectivity index (χ0v) is 15.4. The number of carbonyl (C=O) groups is 3. The van der Waals surface area contributed by atoms with Gasteiger partial charge in [0.2, 0.25) is 11.7 Å². The second-order valence-electron chi connectivity index (χ2n) is 5.19. The first-order chi connectivity index (χ1) is 12.0. The number of hydrazone groups is 1. The van der Waals surface area contributed by atoms with Crippen molar-refractivity contribution >= 4 is 56.3 Å². The maximum Gasteiger partial charge on any atom is 0.354 e. The number of ether oxygens (including phenoxy) is 1. The molecule has 0 saturated carbocycles. The second kappa shape index (κ2) is 7.71. The third-order valence-electron chi connectivity index (χ3n) is 3.45. The van der Waals surface area contributed by atoms with E-state index in [1.54, 1.807) is 36.4 Å². The maximum absolute atomic E-state index is 12.2. The number of nitrogens with zero attached hydrogens (tertiary/aromatic N) is 2. The molecule has 6 nitrogen and oxygen atoms in total. The molecule has 25 heavy (non-hydrogen) atoms. The number of hydrogen-bond donors (Lipinski definition) is 0. The minimum absolute atomic E-state index is 0.128. The molecule has 0 radical (unpaired) electrons. The Balaban J connectivity index is 1.67. The van der Waals surface area contributed by atoms with Gasteiger partial charge in [-0.05, 0) is 40.2 Å². The molecule has 8 heteroatoms. The zero-order chi connectivity index (χ0) is 17.8. The summed E-state index contributed by atoms with van der Waals surface area (Å²) >= 11 is 4.55. The van der Waals surface area contributed by atoms with Gasteiger partial charge in [-0.1, -0.05) is 18.2 Å². The third kappa shape index (κ3) is 4.21. The summed E-state index contributed by atoms with van der Waals surface area (Å²) in [6, 6.07) is 12.3. The van der Waals surface area contributed by atoms with Gasteiger partial charge in [-0.3, -0.25) is 9.59 Å². The Labute approximate surface area is 156 Å². The molecule has 0 fully saturated rings. The van der Waals surface area contributed by atoms with Gasteiger partial charge in [-0.15, -0.1) is 11.3 Å². The number of esters is 1. The molecule has 1 amide bonds. The molecule has 0 N–H and O–H groups in total. The summed E-state index contributed by atoms with van der Waals surface area (Å²) in [4.78, 5) is 36.7. The van der Waals surface area contributed by atoms with Crippen LogP contribution in [0, 0.1) is 0 Å². The van der Waals surface area contributed by atoms with E-state index < -0.39 is 5.97 Å². The summed E-state index contributed by atoms with van der Waals surface area (Å²) in [6.45, 7) is -0.357.